The SMILES string of the molecule is O=C(O)c1cc(C(=O)O)cc(S(=O)(=O)O)c1.O=C(O)c1ccc2cc(C(=O)O)ccc2c1. The Balaban J connectivity index is 0.000000227. The molecule has 12 heteroatoms. The third-order valence-corrected chi connectivity index (χ3v) is 4.86. The predicted octanol–water partition coefficient (Wildman–Crippen LogP) is 2.57. The number of fused-ring (bicyclic) bond motifs is 1. The van der Waals surface area contributed by atoms with Gasteiger partial charge in [-0.2, -0.15) is 8.42 Å². The maximum absolute atomic E-state index is 10.8. The van der Waals surface area contributed by atoms with Crippen LogP contribution in [0.15, 0.2) is 59.5 Å². The Morgan fingerprint density at radius 3 is 1.16 bits per heavy atom. The Hall–Kier alpha value is -4.29. The summed E-state index contributed by atoms with van der Waals surface area (Å²) in [5.74, 6) is -4.98. The van der Waals surface area contributed by atoms with Gasteiger partial charge >= 0.3 is 23.9 Å². The van der Waals surface area contributed by atoms with Gasteiger partial charge in [-0.05, 0) is 53.2 Å². The predicted molar refractivity (Wildman–Crippen MR) is 108 cm³/mol. The molecule has 0 aliphatic rings. The fourth-order valence-corrected chi connectivity index (χ4v) is 3.06. The topological polar surface area (TPSA) is 204 Å². The normalized spacial score (nSPS) is 10.7. The van der Waals surface area contributed by atoms with Crippen LogP contribution in [0.25, 0.3) is 10.8 Å². The summed E-state index contributed by atoms with van der Waals surface area (Å²) >= 11 is 0. The van der Waals surface area contributed by atoms with Crippen molar-refractivity contribution in [3.63, 3.8) is 0 Å². The molecule has 0 aliphatic carbocycles. The number of rotatable bonds is 5. The van der Waals surface area contributed by atoms with E-state index in [1.54, 1.807) is 12.1 Å². The molecule has 0 aromatic heterocycles. The molecule has 5 N–H and O–H groups in total. The summed E-state index contributed by atoms with van der Waals surface area (Å²) in [5.41, 5.74) is -0.689. The number of aromatic carboxylic acids is 4. The maximum Gasteiger partial charge on any atom is 0.335 e. The Labute approximate surface area is 179 Å². The molecule has 3 aromatic carbocycles. The maximum atomic E-state index is 10.8. The van der Waals surface area contributed by atoms with E-state index in [4.69, 9.17) is 25.0 Å². The summed E-state index contributed by atoms with van der Waals surface area (Å²) in [6.45, 7) is 0. The molecule has 0 bridgehead atoms. The number of hydrogen-bond acceptors (Lipinski definition) is 6. The Morgan fingerprint density at radius 2 is 0.875 bits per heavy atom. The van der Waals surface area contributed by atoms with E-state index in [1.807, 2.05) is 0 Å². The molecule has 3 aromatic rings. The first-order valence-corrected chi connectivity index (χ1v) is 9.83. The molecular formula is C20H14O11S. The summed E-state index contributed by atoms with van der Waals surface area (Å²) in [6.07, 6.45) is 0. The van der Waals surface area contributed by atoms with Crippen molar-refractivity contribution in [2.45, 2.75) is 4.90 Å². The van der Waals surface area contributed by atoms with Crippen LogP contribution < -0.4 is 0 Å². The summed E-state index contributed by atoms with van der Waals surface area (Å²) in [6, 6.07) is 11.3. The zero-order valence-electron chi connectivity index (χ0n) is 15.8. The molecule has 32 heavy (non-hydrogen) atoms. The Kier molecular flexibility index (Phi) is 6.93. The third-order valence-electron chi connectivity index (χ3n) is 4.03. The van der Waals surface area contributed by atoms with Crippen molar-refractivity contribution >= 4 is 44.8 Å². The summed E-state index contributed by atoms with van der Waals surface area (Å²) in [5, 5.41) is 36.2. The standard InChI is InChI=1S/C12H8O4.C8H6O7S/c13-11(14)9-3-1-7-5-10(12(15)16)4-2-8(7)6-9;9-7(10)4-1-5(8(11)12)3-6(2-4)16(13,14)15/h1-6H,(H,13,14)(H,15,16);1-3H,(H,9,10)(H,11,12)(H,13,14,15). The van der Waals surface area contributed by atoms with E-state index < -0.39 is 50.0 Å². The van der Waals surface area contributed by atoms with Gasteiger partial charge in [0.25, 0.3) is 10.1 Å². The second kappa shape index (κ2) is 9.24. The van der Waals surface area contributed by atoms with Crippen LogP contribution in [-0.2, 0) is 10.1 Å². The lowest BCUT2D eigenvalue weighted by Gasteiger charge is -2.02. The molecule has 0 unspecified atom stereocenters. The molecule has 3 rings (SSSR count). The number of carbonyl (C=O) groups is 4. The molecule has 0 spiro atoms. The molecule has 0 fully saturated rings. The van der Waals surface area contributed by atoms with Gasteiger partial charge in [0.1, 0.15) is 0 Å². The van der Waals surface area contributed by atoms with Gasteiger partial charge < -0.3 is 20.4 Å². The quantitative estimate of drug-likeness (QED) is 0.348. The van der Waals surface area contributed by atoms with Gasteiger partial charge in [-0.25, -0.2) is 19.2 Å². The number of benzene rings is 3. The van der Waals surface area contributed by atoms with Gasteiger partial charge in [-0.15, -0.1) is 0 Å². The zero-order valence-corrected chi connectivity index (χ0v) is 16.6. The van der Waals surface area contributed by atoms with Crippen LogP contribution in [0.1, 0.15) is 41.4 Å². The van der Waals surface area contributed by atoms with Crippen molar-refractivity contribution in [2.75, 3.05) is 0 Å². The van der Waals surface area contributed by atoms with E-state index >= 15 is 0 Å². The number of carboxylic acid groups (broad SMARTS) is 4. The van der Waals surface area contributed by atoms with Gasteiger partial charge in [-0.1, -0.05) is 12.1 Å². The van der Waals surface area contributed by atoms with Crippen LogP contribution in [0.3, 0.4) is 0 Å². The van der Waals surface area contributed by atoms with Crippen LogP contribution >= 0.6 is 0 Å². The van der Waals surface area contributed by atoms with Gasteiger partial charge in [0.05, 0.1) is 27.1 Å². The molecule has 0 saturated carbocycles. The summed E-state index contributed by atoms with van der Waals surface area (Å²) in [7, 11) is -4.64. The summed E-state index contributed by atoms with van der Waals surface area (Å²) in [4.78, 5) is 41.8. The highest BCUT2D eigenvalue weighted by Crippen LogP contribution is 2.18. The van der Waals surface area contributed by atoms with Crippen LogP contribution in [-0.4, -0.2) is 57.3 Å². The molecule has 11 nitrogen and oxygen atoms in total. The largest absolute Gasteiger partial charge is 0.478 e. The molecule has 166 valence electrons. The highest BCUT2D eigenvalue weighted by molar-refractivity contribution is 7.85. The monoisotopic (exact) mass is 462 g/mol. The second-order valence-corrected chi connectivity index (χ2v) is 7.64. The highest BCUT2D eigenvalue weighted by Gasteiger charge is 2.17. The first-order chi connectivity index (χ1) is 14.8. The molecule has 0 amide bonds. The smallest absolute Gasteiger partial charge is 0.335 e. The second-order valence-electron chi connectivity index (χ2n) is 6.22. The van der Waals surface area contributed by atoms with Gasteiger partial charge in [-0.3, -0.25) is 4.55 Å². The van der Waals surface area contributed by atoms with Crippen LogP contribution in [0.5, 0.6) is 0 Å². The van der Waals surface area contributed by atoms with E-state index in [1.165, 1.54) is 24.3 Å². The van der Waals surface area contributed by atoms with Gasteiger partial charge in [0.2, 0.25) is 0 Å². The molecule has 0 radical (unpaired) electrons. The molecule has 0 aliphatic heterocycles. The van der Waals surface area contributed by atoms with E-state index in [2.05, 4.69) is 0 Å². The third kappa shape index (κ3) is 5.87. The lowest BCUT2D eigenvalue weighted by atomic mass is 10.0. The van der Waals surface area contributed by atoms with E-state index in [0.29, 0.717) is 22.9 Å². The molecule has 0 saturated heterocycles. The van der Waals surface area contributed by atoms with Crippen molar-refractivity contribution in [3.8, 4) is 0 Å². The van der Waals surface area contributed by atoms with Crippen molar-refractivity contribution in [3.05, 3.63) is 76.9 Å². The van der Waals surface area contributed by atoms with Gasteiger partial charge in [0, 0.05) is 0 Å². The average molecular weight is 462 g/mol. The van der Waals surface area contributed by atoms with E-state index in [0.717, 1.165) is 6.07 Å². The van der Waals surface area contributed by atoms with Crippen molar-refractivity contribution < 1.29 is 52.6 Å². The average Bonchev–Trinajstić information content (AvgIpc) is 2.72. The highest BCUT2D eigenvalue weighted by atomic mass is 32.2. The Morgan fingerprint density at radius 1 is 0.531 bits per heavy atom. The number of carboxylic acids is 4. The van der Waals surface area contributed by atoms with E-state index in [-0.39, 0.29) is 11.1 Å². The lowest BCUT2D eigenvalue weighted by Crippen LogP contribution is -2.07. The molecule has 0 heterocycles. The fraction of sp³-hybridized carbons (Fsp3) is 0. The van der Waals surface area contributed by atoms with E-state index in [9.17, 15) is 27.6 Å². The number of hydrogen-bond donors (Lipinski definition) is 5. The fourth-order valence-electron chi connectivity index (χ4n) is 2.51. The van der Waals surface area contributed by atoms with Crippen LogP contribution in [0.2, 0.25) is 0 Å². The minimum Gasteiger partial charge on any atom is -0.478 e. The summed E-state index contributed by atoms with van der Waals surface area (Å²) < 4.78 is 30.2. The first kappa shape index (κ1) is 24.0. The Bertz CT molecular complexity index is 1270. The van der Waals surface area contributed by atoms with Crippen LogP contribution in [0, 0.1) is 0 Å². The van der Waals surface area contributed by atoms with Crippen molar-refractivity contribution in [1.29, 1.82) is 0 Å². The molecular weight excluding hydrogens is 448 g/mol. The van der Waals surface area contributed by atoms with Crippen LogP contribution in [0.4, 0.5) is 0 Å². The minimum atomic E-state index is -4.64. The lowest BCUT2D eigenvalue weighted by molar-refractivity contribution is 0.0680. The molecule has 0 atom stereocenters. The zero-order chi connectivity index (χ0) is 24.2. The van der Waals surface area contributed by atoms with Crippen molar-refractivity contribution in [2.24, 2.45) is 0 Å². The van der Waals surface area contributed by atoms with Crippen molar-refractivity contribution in [1.82, 2.24) is 0 Å². The van der Waals surface area contributed by atoms with Gasteiger partial charge in [0.15, 0.2) is 0 Å². The first-order valence-electron chi connectivity index (χ1n) is 8.39. The minimum absolute atomic E-state index is 0.190.